The van der Waals surface area contributed by atoms with Gasteiger partial charge in [0.2, 0.25) is 17.7 Å². The average molecular weight is 885 g/mol. The van der Waals surface area contributed by atoms with Crippen LogP contribution in [0.15, 0.2) is 227 Å². The van der Waals surface area contributed by atoms with E-state index >= 15 is 0 Å². The highest BCUT2D eigenvalue weighted by Crippen LogP contribution is 2.36. The Morgan fingerprint density at radius 1 is 0.290 bits per heavy atom. The maximum absolute atomic E-state index is 6.26. The summed E-state index contributed by atoms with van der Waals surface area (Å²) in [6.45, 7) is 0. The van der Waals surface area contributed by atoms with Crippen molar-refractivity contribution in [3.8, 4) is 73.9 Å². The van der Waals surface area contributed by atoms with E-state index in [1.165, 1.54) is 0 Å². The molecule has 8 nitrogen and oxygen atoms in total. The van der Waals surface area contributed by atoms with Crippen LogP contribution < -0.4 is 0 Å². The summed E-state index contributed by atoms with van der Waals surface area (Å²) in [4.78, 5) is 25.4. The lowest BCUT2D eigenvalue weighted by Gasteiger charge is -2.12. The number of hydrogen-bond donors (Lipinski definition) is 0. The first-order valence-corrected chi connectivity index (χ1v) is 22.9. The number of nitrogens with zero attached hydrogens (tertiary/aromatic N) is 6. The first kappa shape index (κ1) is 38.7. The van der Waals surface area contributed by atoms with Gasteiger partial charge in [0.25, 0.3) is 0 Å². The van der Waals surface area contributed by atoms with Crippen molar-refractivity contribution in [3.63, 3.8) is 0 Å². The van der Waals surface area contributed by atoms with Crippen LogP contribution in [0, 0.1) is 0 Å². The van der Waals surface area contributed by atoms with Gasteiger partial charge in [-0.25, -0.2) is 15.0 Å². The summed E-state index contributed by atoms with van der Waals surface area (Å²) < 4.78 is 14.7. The van der Waals surface area contributed by atoms with E-state index in [2.05, 4.69) is 150 Å². The average Bonchev–Trinajstić information content (AvgIpc) is 4.15. The SMILES string of the molecule is c1ccc(-c2nc3ccc(-c4ccc5ccc(-c6nc(-c7ccc8ccc(-c9ccc%10nc(-c%11ccccc%11)oc%10c9)cc8c7)nc(-n7c8ccccc8c8ccccc87)n6)cc5c4)cc3o2)cc1. The largest absolute Gasteiger partial charge is 0.436 e. The van der Waals surface area contributed by atoms with Crippen molar-refractivity contribution in [2.45, 2.75) is 0 Å². The molecule has 0 radical (unpaired) electrons. The molecule has 0 spiro atoms. The molecule has 0 saturated heterocycles. The predicted octanol–water partition coefficient (Wildman–Crippen LogP) is 15.6. The van der Waals surface area contributed by atoms with Crippen molar-refractivity contribution in [2.75, 3.05) is 0 Å². The summed E-state index contributed by atoms with van der Waals surface area (Å²) in [5, 5.41) is 6.60. The van der Waals surface area contributed by atoms with Crippen molar-refractivity contribution in [1.29, 1.82) is 0 Å². The Morgan fingerprint density at radius 3 is 1.16 bits per heavy atom. The molecule has 4 aromatic heterocycles. The van der Waals surface area contributed by atoms with Gasteiger partial charge in [-0.3, -0.25) is 4.57 Å². The molecule has 14 rings (SSSR count). The van der Waals surface area contributed by atoms with Crippen molar-refractivity contribution in [2.24, 2.45) is 0 Å². The van der Waals surface area contributed by atoms with Crippen molar-refractivity contribution < 1.29 is 8.83 Å². The van der Waals surface area contributed by atoms with Gasteiger partial charge in [-0.2, -0.15) is 9.97 Å². The summed E-state index contributed by atoms with van der Waals surface area (Å²) in [6.07, 6.45) is 0. The van der Waals surface area contributed by atoms with Crippen LogP contribution in [0.3, 0.4) is 0 Å². The number of benzene rings is 10. The van der Waals surface area contributed by atoms with Crippen LogP contribution in [-0.2, 0) is 0 Å². The maximum Gasteiger partial charge on any atom is 0.238 e. The summed E-state index contributed by atoms with van der Waals surface area (Å²) in [5.74, 6) is 2.90. The number of para-hydroxylation sites is 2. The molecular formula is C61H36N6O2. The minimum Gasteiger partial charge on any atom is -0.436 e. The fourth-order valence-corrected chi connectivity index (χ4v) is 9.61. The molecule has 0 aliphatic heterocycles. The Kier molecular flexibility index (Phi) is 8.72. The molecule has 4 heterocycles. The molecule has 0 aliphatic rings. The van der Waals surface area contributed by atoms with Gasteiger partial charge in [-0.1, -0.05) is 133 Å². The molecule has 69 heavy (non-hydrogen) atoms. The van der Waals surface area contributed by atoms with E-state index in [-0.39, 0.29) is 0 Å². The molecular weight excluding hydrogens is 849 g/mol. The maximum atomic E-state index is 6.26. The van der Waals surface area contributed by atoms with Gasteiger partial charge in [-0.05, 0) is 129 Å². The number of aromatic nitrogens is 6. The molecule has 14 aromatic rings. The summed E-state index contributed by atoms with van der Waals surface area (Å²) in [6, 6.07) is 75.1. The topological polar surface area (TPSA) is 95.7 Å². The van der Waals surface area contributed by atoms with E-state index in [4.69, 9.17) is 33.8 Å². The van der Waals surface area contributed by atoms with Gasteiger partial charge in [0.1, 0.15) is 11.0 Å². The molecule has 10 aromatic carbocycles. The first-order chi connectivity index (χ1) is 34.1. The quantitative estimate of drug-likeness (QED) is 0.157. The second-order valence-electron chi connectivity index (χ2n) is 17.3. The second-order valence-corrected chi connectivity index (χ2v) is 17.3. The fourth-order valence-electron chi connectivity index (χ4n) is 9.61. The fraction of sp³-hybridized carbons (Fsp3) is 0. The van der Waals surface area contributed by atoms with E-state index < -0.39 is 0 Å². The highest BCUT2D eigenvalue weighted by molar-refractivity contribution is 6.09. The number of fused-ring (bicyclic) bond motifs is 7. The van der Waals surface area contributed by atoms with Crippen LogP contribution in [-0.4, -0.2) is 29.5 Å². The monoisotopic (exact) mass is 884 g/mol. The third-order valence-corrected chi connectivity index (χ3v) is 13.1. The molecule has 8 heteroatoms. The zero-order valence-corrected chi connectivity index (χ0v) is 36.8. The third-order valence-electron chi connectivity index (χ3n) is 13.1. The van der Waals surface area contributed by atoms with E-state index in [0.717, 1.165) is 110 Å². The number of rotatable bonds is 7. The highest BCUT2D eigenvalue weighted by atomic mass is 16.4. The molecule has 0 fully saturated rings. The minimum absolute atomic E-state index is 0.542. The first-order valence-electron chi connectivity index (χ1n) is 22.9. The Morgan fingerprint density at radius 2 is 0.681 bits per heavy atom. The minimum atomic E-state index is 0.542. The zero-order valence-electron chi connectivity index (χ0n) is 36.8. The van der Waals surface area contributed by atoms with Crippen molar-refractivity contribution in [3.05, 3.63) is 218 Å². The molecule has 0 unspecified atom stereocenters. The standard InChI is InChI=1S/C61H36N6O2/c1-3-11-39(12-4-1)59-62-51-29-27-43(35-55(51)68-59)41-23-19-37-21-25-45(33-47(37)31-41)57-64-58(66-61(65-57)67-53-17-9-7-15-49(53)50-16-8-10-18-54(50)67)46-26-22-38-20-24-42(32-48(38)34-46)44-28-30-52-56(36-44)69-60(63-52)40-13-5-2-6-14-40/h1-36H. The van der Waals surface area contributed by atoms with E-state index in [0.29, 0.717) is 29.4 Å². The van der Waals surface area contributed by atoms with Gasteiger partial charge in [0, 0.05) is 33.0 Å². The Balaban J connectivity index is 0.885. The highest BCUT2D eigenvalue weighted by Gasteiger charge is 2.19. The molecule has 0 bridgehead atoms. The molecule has 0 atom stereocenters. The Labute approximate surface area is 394 Å². The molecule has 0 N–H and O–H groups in total. The predicted molar refractivity (Wildman–Crippen MR) is 277 cm³/mol. The van der Waals surface area contributed by atoms with Crippen LogP contribution in [0.4, 0.5) is 0 Å². The molecule has 322 valence electrons. The summed E-state index contributed by atoms with van der Waals surface area (Å²) in [5.41, 5.74) is 13.0. The van der Waals surface area contributed by atoms with Crippen LogP contribution in [0.25, 0.3) is 139 Å². The summed E-state index contributed by atoms with van der Waals surface area (Å²) >= 11 is 0. The van der Waals surface area contributed by atoms with Gasteiger partial charge in [0.05, 0.1) is 11.0 Å². The lowest BCUT2D eigenvalue weighted by Crippen LogP contribution is -2.06. The Hall–Kier alpha value is -9.53. The molecule has 0 aliphatic carbocycles. The number of oxazole rings is 2. The normalized spacial score (nSPS) is 11.8. The smallest absolute Gasteiger partial charge is 0.238 e. The lowest BCUT2D eigenvalue weighted by molar-refractivity contribution is 0.619. The Bertz CT molecular complexity index is 4050. The van der Waals surface area contributed by atoms with Gasteiger partial charge in [-0.15, -0.1) is 0 Å². The van der Waals surface area contributed by atoms with Crippen LogP contribution >= 0.6 is 0 Å². The van der Waals surface area contributed by atoms with Crippen LogP contribution in [0.2, 0.25) is 0 Å². The van der Waals surface area contributed by atoms with Crippen LogP contribution in [0.5, 0.6) is 0 Å². The zero-order chi connectivity index (χ0) is 45.4. The van der Waals surface area contributed by atoms with E-state index in [1.54, 1.807) is 0 Å². The van der Waals surface area contributed by atoms with Gasteiger partial charge < -0.3 is 8.83 Å². The van der Waals surface area contributed by atoms with Crippen LogP contribution in [0.1, 0.15) is 0 Å². The molecule has 0 saturated carbocycles. The lowest BCUT2D eigenvalue weighted by atomic mass is 9.99. The molecule has 0 amide bonds. The van der Waals surface area contributed by atoms with E-state index in [9.17, 15) is 0 Å². The van der Waals surface area contributed by atoms with Crippen molar-refractivity contribution in [1.82, 2.24) is 29.5 Å². The van der Waals surface area contributed by atoms with Gasteiger partial charge >= 0.3 is 0 Å². The second kappa shape index (κ2) is 15.5. The third kappa shape index (κ3) is 6.73. The number of hydrogen-bond acceptors (Lipinski definition) is 7. The van der Waals surface area contributed by atoms with E-state index in [1.807, 2.05) is 72.8 Å². The van der Waals surface area contributed by atoms with Gasteiger partial charge in [0.15, 0.2) is 22.8 Å². The summed E-state index contributed by atoms with van der Waals surface area (Å²) in [7, 11) is 0. The van der Waals surface area contributed by atoms with Crippen molar-refractivity contribution >= 4 is 65.6 Å².